The van der Waals surface area contributed by atoms with Crippen molar-refractivity contribution in [2.45, 2.75) is 45.1 Å². The van der Waals surface area contributed by atoms with Gasteiger partial charge in [0, 0.05) is 38.0 Å². The number of carbonyl (C=O) groups is 2. The highest BCUT2D eigenvalue weighted by Crippen LogP contribution is 2.28. The Morgan fingerprint density at radius 1 is 1.15 bits per heavy atom. The van der Waals surface area contributed by atoms with E-state index in [2.05, 4.69) is 10.3 Å². The number of fused-ring (bicyclic) bond motifs is 1. The Kier molecular flexibility index (Phi) is 6.91. The maximum absolute atomic E-state index is 13.9. The normalized spacial score (nSPS) is 14.6. The number of carbonyl (C=O) groups excluding carboxylic acids is 2. The number of rotatable bonds is 6. The summed E-state index contributed by atoms with van der Waals surface area (Å²) in [4.78, 5) is 37.1. The van der Waals surface area contributed by atoms with Gasteiger partial charge in [-0.15, -0.1) is 0 Å². The van der Waals surface area contributed by atoms with Gasteiger partial charge >= 0.3 is 6.03 Å². The first-order valence-electron chi connectivity index (χ1n) is 11.5. The van der Waals surface area contributed by atoms with Gasteiger partial charge < -0.3 is 20.1 Å². The second-order valence-corrected chi connectivity index (χ2v) is 8.74. The molecular formula is C25H30FN5O2. The van der Waals surface area contributed by atoms with Crippen LogP contribution in [0.3, 0.4) is 0 Å². The summed E-state index contributed by atoms with van der Waals surface area (Å²) in [6.07, 6.45) is 1.94. The van der Waals surface area contributed by atoms with E-state index in [1.165, 1.54) is 12.1 Å². The Morgan fingerprint density at radius 3 is 2.55 bits per heavy atom. The largest absolute Gasteiger partial charge is 0.343 e. The van der Waals surface area contributed by atoms with Crippen LogP contribution in [0.15, 0.2) is 48.5 Å². The standard InChI is InChI=1S/C25H30FN5O2/c1-17(2)31(25(33)29-20-8-4-3-7-19(20)26)16-13-23(32)30-14-11-18(12-15-30)24-27-21-9-5-6-10-22(21)28-24/h3-10,17-18H,11-16H2,1-2H3,(H,27,28)(H,29,33). The van der Waals surface area contributed by atoms with Crippen LogP contribution in [-0.2, 0) is 4.79 Å². The molecule has 2 heterocycles. The summed E-state index contributed by atoms with van der Waals surface area (Å²) in [6, 6.07) is 13.5. The molecule has 0 aliphatic carbocycles. The first-order chi connectivity index (χ1) is 15.9. The molecule has 0 bridgehead atoms. The maximum atomic E-state index is 13.9. The SMILES string of the molecule is CC(C)N(CCC(=O)N1CCC(c2nc3ccccc3[nH]2)CC1)C(=O)Nc1ccccc1F. The van der Waals surface area contributed by atoms with Crippen LogP contribution in [0.1, 0.15) is 44.9 Å². The van der Waals surface area contributed by atoms with Gasteiger partial charge in [-0.1, -0.05) is 24.3 Å². The number of aromatic amines is 1. The molecule has 174 valence electrons. The molecule has 8 heteroatoms. The van der Waals surface area contributed by atoms with E-state index in [0.717, 1.165) is 29.7 Å². The average Bonchev–Trinajstić information content (AvgIpc) is 3.25. The van der Waals surface area contributed by atoms with Gasteiger partial charge in [-0.25, -0.2) is 14.2 Å². The molecule has 3 amide bonds. The summed E-state index contributed by atoms with van der Waals surface area (Å²) in [7, 11) is 0. The summed E-state index contributed by atoms with van der Waals surface area (Å²) < 4.78 is 13.9. The molecule has 1 aliphatic rings. The number of halogens is 1. The number of nitrogens with one attached hydrogen (secondary N) is 2. The third kappa shape index (κ3) is 5.32. The molecule has 1 aromatic heterocycles. The van der Waals surface area contributed by atoms with E-state index in [-0.39, 0.29) is 30.6 Å². The molecule has 0 atom stereocenters. The van der Waals surface area contributed by atoms with Crippen molar-refractivity contribution in [2.75, 3.05) is 25.0 Å². The number of amides is 3. The Morgan fingerprint density at radius 2 is 1.85 bits per heavy atom. The zero-order chi connectivity index (χ0) is 23.4. The molecule has 1 saturated heterocycles. The minimum Gasteiger partial charge on any atom is -0.343 e. The predicted molar refractivity (Wildman–Crippen MR) is 127 cm³/mol. The monoisotopic (exact) mass is 451 g/mol. The Bertz CT molecular complexity index is 1090. The van der Waals surface area contributed by atoms with Crippen LogP contribution < -0.4 is 5.32 Å². The lowest BCUT2D eigenvalue weighted by Gasteiger charge is -2.32. The van der Waals surface area contributed by atoms with E-state index in [9.17, 15) is 14.0 Å². The molecule has 0 unspecified atom stereocenters. The maximum Gasteiger partial charge on any atom is 0.322 e. The quantitative estimate of drug-likeness (QED) is 0.568. The lowest BCUT2D eigenvalue weighted by atomic mass is 9.96. The van der Waals surface area contributed by atoms with Crippen LogP contribution in [0, 0.1) is 5.82 Å². The molecule has 3 aromatic rings. The minimum absolute atomic E-state index is 0.0300. The molecule has 33 heavy (non-hydrogen) atoms. The van der Waals surface area contributed by atoms with Gasteiger partial charge in [-0.2, -0.15) is 0 Å². The molecule has 2 aromatic carbocycles. The van der Waals surface area contributed by atoms with Crippen molar-refractivity contribution in [1.82, 2.24) is 19.8 Å². The molecule has 7 nitrogen and oxygen atoms in total. The van der Waals surface area contributed by atoms with E-state index in [4.69, 9.17) is 4.98 Å². The number of hydrogen-bond acceptors (Lipinski definition) is 3. The number of anilines is 1. The third-order valence-electron chi connectivity index (χ3n) is 6.21. The van der Waals surface area contributed by atoms with E-state index in [1.807, 2.05) is 43.0 Å². The zero-order valence-electron chi connectivity index (χ0n) is 19.1. The van der Waals surface area contributed by atoms with Gasteiger partial charge in [0.1, 0.15) is 11.6 Å². The number of aromatic nitrogens is 2. The number of hydrogen-bond donors (Lipinski definition) is 2. The zero-order valence-corrected chi connectivity index (χ0v) is 19.1. The summed E-state index contributed by atoms with van der Waals surface area (Å²) in [5.74, 6) is 0.833. The second kappa shape index (κ2) is 10.0. The van der Waals surface area contributed by atoms with E-state index < -0.39 is 11.8 Å². The fraction of sp³-hybridized carbons (Fsp3) is 0.400. The van der Waals surface area contributed by atoms with E-state index in [0.29, 0.717) is 19.0 Å². The van der Waals surface area contributed by atoms with Gasteiger partial charge in [-0.05, 0) is 51.0 Å². The molecule has 1 aliphatic heterocycles. The highest BCUT2D eigenvalue weighted by molar-refractivity contribution is 5.90. The van der Waals surface area contributed by atoms with Gasteiger partial charge in [-0.3, -0.25) is 4.79 Å². The fourth-order valence-electron chi connectivity index (χ4n) is 4.29. The van der Waals surface area contributed by atoms with Crippen LogP contribution in [0.25, 0.3) is 11.0 Å². The van der Waals surface area contributed by atoms with Crippen LogP contribution in [0.2, 0.25) is 0 Å². The molecular weight excluding hydrogens is 421 g/mol. The molecule has 4 rings (SSSR count). The number of urea groups is 1. The number of H-pyrrole nitrogens is 1. The minimum atomic E-state index is -0.488. The summed E-state index contributed by atoms with van der Waals surface area (Å²) in [6.45, 7) is 5.38. The molecule has 1 fully saturated rings. The fourth-order valence-corrected chi connectivity index (χ4v) is 4.29. The highest BCUT2D eigenvalue weighted by atomic mass is 19.1. The van der Waals surface area contributed by atoms with Crippen LogP contribution >= 0.6 is 0 Å². The lowest BCUT2D eigenvalue weighted by Crippen LogP contribution is -2.44. The van der Waals surface area contributed by atoms with Crippen LogP contribution in [0.5, 0.6) is 0 Å². The lowest BCUT2D eigenvalue weighted by molar-refractivity contribution is -0.132. The van der Waals surface area contributed by atoms with E-state index in [1.54, 1.807) is 17.0 Å². The molecule has 0 saturated carbocycles. The Labute approximate surface area is 193 Å². The van der Waals surface area contributed by atoms with Gasteiger partial charge in [0.15, 0.2) is 0 Å². The number of nitrogens with zero attached hydrogens (tertiary/aromatic N) is 3. The smallest absolute Gasteiger partial charge is 0.322 e. The molecule has 2 N–H and O–H groups in total. The van der Waals surface area contributed by atoms with Crippen molar-refractivity contribution < 1.29 is 14.0 Å². The van der Waals surface area contributed by atoms with Crippen molar-refractivity contribution in [2.24, 2.45) is 0 Å². The topological polar surface area (TPSA) is 81.3 Å². The molecule has 0 spiro atoms. The average molecular weight is 452 g/mol. The number of para-hydroxylation sites is 3. The third-order valence-corrected chi connectivity index (χ3v) is 6.21. The summed E-state index contributed by atoms with van der Waals surface area (Å²) in [5.41, 5.74) is 2.13. The number of likely N-dealkylation sites (tertiary alicyclic amines) is 1. The van der Waals surface area contributed by atoms with Gasteiger partial charge in [0.2, 0.25) is 5.91 Å². The van der Waals surface area contributed by atoms with Crippen LogP contribution in [-0.4, -0.2) is 57.4 Å². The Balaban J connectivity index is 1.29. The van der Waals surface area contributed by atoms with Crippen molar-refractivity contribution in [1.29, 1.82) is 0 Å². The summed E-state index contributed by atoms with van der Waals surface area (Å²) >= 11 is 0. The second-order valence-electron chi connectivity index (χ2n) is 8.74. The first kappa shape index (κ1) is 22.8. The van der Waals surface area contributed by atoms with E-state index >= 15 is 0 Å². The molecule has 0 radical (unpaired) electrons. The van der Waals surface area contributed by atoms with Crippen LogP contribution in [0.4, 0.5) is 14.9 Å². The number of piperidine rings is 1. The van der Waals surface area contributed by atoms with Crippen molar-refractivity contribution in [3.63, 3.8) is 0 Å². The highest BCUT2D eigenvalue weighted by Gasteiger charge is 2.27. The summed E-state index contributed by atoms with van der Waals surface area (Å²) in [5, 5.41) is 2.61. The van der Waals surface area contributed by atoms with Crippen molar-refractivity contribution in [3.05, 3.63) is 60.2 Å². The van der Waals surface area contributed by atoms with Crippen molar-refractivity contribution in [3.8, 4) is 0 Å². The number of imidazole rings is 1. The number of benzene rings is 2. The van der Waals surface area contributed by atoms with Crippen molar-refractivity contribution >= 4 is 28.7 Å². The predicted octanol–water partition coefficient (Wildman–Crippen LogP) is 4.74. The van der Waals surface area contributed by atoms with Gasteiger partial charge in [0.05, 0.1) is 16.7 Å². The first-order valence-corrected chi connectivity index (χ1v) is 11.5. The Hall–Kier alpha value is -3.42. The van der Waals surface area contributed by atoms with Gasteiger partial charge in [0.25, 0.3) is 0 Å².